The molecule has 1 saturated heterocycles. The highest BCUT2D eigenvalue weighted by atomic mass is 31.2. The number of nitrogens with two attached hydrogens (primary N) is 1. The SMILES string of the molecule is C#CNc1c2c(N)nc3cc4ccccc4cc3c2cn1C1OC(COP(=O)(O)O)C(O)C1O. The highest BCUT2D eigenvalue weighted by Gasteiger charge is 2.45. The van der Waals surface area contributed by atoms with Crippen LogP contribution in [0.2, 0.25) is 0 Å². The summed E-state index contributed by atoms with van der Waals surface area (Å²) < 4.78 is 22.7. The second-order valence-electron chi connectivity index (χ2n) is 7.99. The lowest BCUT2D eigenvalue weighted by Crippen LogP contribution is -2.33. The van der Waals surface area contributed by atoms with Crippen LogP contribution in [-0.4, -0.2) is 54.5 Å². The van der Waals surface area contributed by atoms with Crippen molar-refractivity contribution in [2.75, 3.05) is 17.7 Å². The molecule has 11 nitrogen and oxygen atoms in total. The van der Waals surface area contributed by atoms with Gasteiger partial charge in [-0.05, 0) is 22.9 Å². The Bertz CT molecular complexity index is 1510. The van der Waals surface area contributed by atoms with E-state index in [9.17, 15) is 14.8 Å². The minimum absolute atomic E-state index is 0.198. The van der Waals surface area contributed by atoms with Crippen molar-refractivity contribution in [3.8, 4) is 12.5 Å². The largest absolute Gasteiger partial charge is 0.469 e. The zero-order valence-electron chi connectivity index (χ0n) is 17.6. The van der Waals surface area contributed by atoms with Crippen molar-refractivity contribution in [1.29, 1.82) is 0 Å². The lowest BCUT2D eigenvalue weighted by atomic mass is 10.0. The van der Waals surface area contributed by atoms with Crippen LogP contribution in [0.1, 0.15) is 6.23 Å². The maximum absolute atomic E-state index is 11.1. The Kier molecular flexibility index (Phi) is 5.47. The Morgan fingerprint density at radius 2 is 1.91 bits per heavy atom. The number of benzene rings is 2. The molecule has 176 valence electrons. The third kappa shape index (κ3) is 3.77. The van der Waals surface area contributed by atoms with Gasteiger partial charge in [0, 0.05) is 23.0 Å². The van der Waals surface area contributed by atoms with Gasteiger partial charge in [-0.1, -0.05) is 30.7 Å². The Balaban J connectivity index is 1.66. The second-order valence-corrected chi connectivity index (χ2v) is 9.23. The first-order valence-corrected chi connectivity index (χ1v) is 11.8. The van der Waals surface area contributed by atoms with E-state index in [4.69, 9.17) is 26.7 Å². The number of fused-ring (bicyclic) bond motifs is 4. The summed E-state index contributed by atoms with van der Waals surface area (Å²) in [6, 6.07) is 14.0. The third-order valence-corrected chi connectivity index (χ3v) is 6.38. The first-order valence-electron chi connectivity index (χ1n) is 10.2. The van der Waals surface area contributed by atoms with E-state index in [0.29, 0.717) is 22.1 Å². The number of nitrogen functional groups attached to an aromatic ring is 1. The van der Waals surface area contributed by atoms with Gasteiger partial charge < -0.3 is 40.4 Å². The van der Waals surface area contributed by atoms with E-state index in [0.717, 1.165) is 16.2 Å². The van der Waals surface area contributed by atoms with E-state index >= 15 is 0 Å². The van der Waals surface area contributed by atoms with Gasteiger partial charge in [0.2, 0.25) is 0 Å². The average Bonchev–Trinajstić information content (AvgIpc) is 3.29. The number of phosphoric acid groups is 1. The molecule has 34 heavy (non-hydrogen) atoms. The summed E-state index contributed by atoms with van der Waals surface area (Å²) in [6.45, 7) is -0.629. The topological polar surface area (TPSA) is 172 Å². The molecule has 7 N–H and O–H groups in total. The lowest BCUT2D eigenvalue weighted by molar-refractivity contribution is -0.0507. The molecule has 2 aromatic heterocycles. The van der Waals surface area contributed by atoms with Gasteiger partial charge >= 0.3 is 7.82 Å². The molecule has 0 radical (unpaired) electrons. The van der Waals surface area contributed by atoms with Crippen molar-refractivity contribution in [2.24, 2.45) is 0 Å². The molecule has 5 rings (SSSR count). The number of nitrogens with zero attached hydrogens (tertiary/aromatic N) is 2. The number of aliphatic hydroxyl groups excluding tert-OH is 2. The number of aliphatic hydroxyl groups is 2. The van der Waals surface area contributed by atoms with E-state index in [1.807, 2.05) is 36.4 Å². The minimum Gasteiger partial charge on any atom is -0.387 e. The molecule has 0 amide bonds. The molecule has 2 aromatic carbocycles. The fourth-order valence-corrected chi connectivity index (χ4v) is 4.71. The smallest absolute Gasteiger partial charge is 0.387 e. The van der Waals surface area contributed by atoms with Crippen molar-refractivity contribution < 1.29 is 33.8 Å². The van der Waals surface area contributed by atoms with Crippen molar-refractivity contribution in [3.63, 3.8) is 0 Å². The van der Waals surface area contributed by atoms with E-state index in [-0.39, 0.29) is 5.82 Å². The highest BCUT2D eigenvalue weighted by molar-refractivity contribution is 7.46. The molecule has 1 aliphatic rings. The molecule has 3 heterocycles. The van der Waals surface area contributed by atoms with Crippen LogP contribution in [-0.2, 0) is 13.8 Å². The van der Waals surface area contributed by atoms with Crippen molar-refractivity contribution in [1.82, 2.24) is 9.55 Å². The molecule has 1 fully saturated rings. The van der Waals surface area contributed by atoms with Gasteiger partial charge in [-0.2, -0.15) is 0 Å². The number of terminal acetylenes is 1. The van der Waals surface area contributed by atoms with Crippen molar-refractivity contribution >= 4 is 51.9 Å². The normalized spacial score (nSPS) is 23.0. The quantitative estimate of drug-likeness (QED) is 0.106. The molecule has 0 saturated carbocycles. The average molecular weight is 484 g/mol. The monoisotopic (exact) mass is 484 g/mol. The number of nitrogens with one attached hydrogen (secondary N) is 1. The maximum Gasteiger partial charge on any atom is 0.469 e. The number of hydrogen-bond acceptors (Lipinski definition) is 8. The van der Waals surface area contributed by atoms with Crippen LogP contribution < -0.4 is 11.1 Å². The molecule has 4 aromatic rings. The first kappa shape index (κ1) is 22.6. The fourth-order valence-electron chi connectivity index (χ4n) is 4.37. The molecule has 12 heteroatoms. The summed E-state index contributed by atoms with van der Waals surface area (Å²) in [6.07, 6.45) is 1.90. The van der Waals surface area contributed by atoms with Gasteiger partial charge in [0.15, 0.2) is 6.23 Å². The first-order chi connectivity index (χ1) is 16.2. The zero-order valence-corrected chi connectivity index (χ0v) is 18.5. The van der Waals surface area contributed by atoms with Gasteiger partial charge in [-0.25, -0.2) is 9.55 Å². The maximum atomic E-state index is 11.1. The van der Waals surface area contributed by atoms with Gasteiger partial charge in [-0.15, -0.1) is 0 Å². The van der Waals surface area contributed by atoms with E-state index in [1.54, 1.807) is 6.20 Å². The summed E-state index contributed by atoms with van der Waals surface area (Å²) in [7, 11) is -4.80. The van der Waals surface area contributed by atoms with Crippen LogP contribution in [0.4, 0.5) is 11.6 Å². The molecule has 4 unspecified atom stereocenters. The standard InChI is InChI=1S/C22H21N4O7P/c1-2-24-21-17-14(13-7-11-5-3-4-6-12(11)8-15(13)25-20(17)23)9-26(21)22-19(28)18(27)16(33-22)10-32-34(29,30)31/h1,3-9,16,18-19,22,24,27-28H,10H2,(H2,23,25)(H2,29,30,31). The summed E-state index contributed by atoms with van der Waals surface area (Å²) in [4.78, 5) is 22.5. The van der Waals surface area contributed by atoms with E-state index in [1.165, 1.54) is 4.57 Å². The fraction of sp³-hybridized carbons (Fsp3) is 0.227. The number of hydrogen-bond donors (Lipinski definition) is 6. The van der Waals surface area contributed by atoms with Crippen LogP contribution in [0, 0.1) is 12.5 Å². The van der Waals surface area contributed by atoms with Crippen molar-refractivity contribution in [2.45, 2.75) is 24.5 Å². The van der Waals surface area contributed by atoms with E-state index in [2.05, 4.69) is 20.9 Å². The van der Waals surface area contributed by atoms with Crippen molar-refractivity contribution in [3.05, 3.63) is 42.6 Å². The van der Waals surface area contributed by atoms with Gasteiger partial charge in [-0.3, -0.25) is 4.52 Å². The molecule has 4 atom stereocenters. The Morgan fingerprint density at radius 3 is 2.59 bits per heavy atom. The molecular formula is C22H21N4O7P. The number of pyridine rings is 1. The summed E-state index contributed by atoms with van der Waals surface area (Å²) in [5, 5.41) is 27.8. The summed E-state index contributed by atoms with van der Waals surface area (Å²) in [5.41, 5.74) is 6.96. The number of phosphoric ester groups is 1. The van der Waals surface area contributed by atoms with Crippen LogP contribution >= 0.6 is 7.82 Å². The summed E-state index contributed by atoms with van der Waals surface area (Å²) >= 11 is 0. The third-order valence-electron chi connectivity index (χ3n) is 5.89. The number of anilines is 2. The Labute approximate surface area is 193 Å². The highest BCUT2D eigenvalue weighted by Crippen LogP contribution is 2.42. The molecule has 1 aliphatic heterocycles. The second kappa shape index (κ2) is 8.23. The Hall–Kier alpha value is -3.20. The molecule has 0 bridgehead atoms. The summed E-state index contributed by atoms with van der Waals surface area (Å²) in [5.74, 6) is 0.508. The van der Waals surface area contributed by atoms with Crippen LogP contribution in [0.25, 0.3) is 32.4 Å². The number of ether oxygens (including phenoxy) is 1. The zero-order chi connectivity index (χ0) is 24.2. The molecule has 0 spiro atoms. The molecular weight excluding hydrogens is 463 g/mol. The van der Waals surface area contributed by atoms with E-state index < -0.39 is 39.0 Å². The van der Waals surface area contributed by atoms with Gasteiger partial charge in [0.05, 0.1) is 17.5 Å². The predicted octanol–water partition coefficient (Wildman–Crippen LogP) is 1.66. The number of aromatic nitrogens is 2. The predicted molar refractivity (Wildman–Crippen MR) is 126 cm³/mol. The van der Waals surface area contributed by atoms with Crippen LogP contribution in [0.5, 0.6) is 0 Å². The van der Waals surface area contributed by atoms with Gasteiger partial charge in [0.25, 0.3) is 0 Å². The van der Waals surface area contributed by atoms with Gasteiger partial charge in [0.1, 0.15) is 29.9 Å². The van der Waals surface area contributed by atoms with Crippen LogP contribution in [0.3, 0.4) is 0 Å². The lowest BCUT2D eigenvalue weighted by Gasteiger charge is -2.19. The number of rotatable bonds is 5. The Morgan fingerprint density at radius 1 is 1.21 bits per heavy atom. The molecule has 0 aliphatic carbocycles. The van der Waals surface area contributed by atoms with Crippen LogP contribution in [0.15, 0.2) is 42.6 Å². The minimum atomic E-state index is -4.80.